The fourth-order valence-electron chi connectivity index (χ4n) is 2.32. The lowest BCUT2D eigenvalue weighted by Crippen LogP contribution is -2.28. The third kappa shape index (κ3) is 2.50. The highest BCUT2D eigenvalue weighted by atomic mass is 31.2. The Balaban J connectivity index is 2.07. The van der Waals surface area contributed by atoms with Crippen LogP contribution in [0.4, 0.5) is 0 Å². The van der Waals surface area contributed by atoms with Gasteiger partial charge < -0.3 is 4.52 Å². The summed E-state index contributed by atoms with van der Waals surface area (Å²) in [5.41, 5.74) is 1.99. The van der Waals surface area contributed by atoms with E-state index < -0.39 is 7.75 Å². The van der Waals surface area contributed by atoms with Gasteiger partial charge in [-0.1, -0.05) is 48.5 Å². The molecule has 20 heavy (non-hydrogen) atoms. The van der Waals surface area contributed by atoms with E-state index in [1.807, 2.05) is 54.6 Å². The summed E-state index contributed by atoms with van der Waals surface area (Å²) in [4.78, 5) is 0. The normalized spacial score (nSPS) is 24.8. The molecule has 0 saturated heterocycles. The predicted octanol–water partition coefficient (Wildman–Crippen LogP) is 3.90. The van der Waals surface area contributed by atoms with Crippen molar-refractivity contribution in [2.24, 2.45) is 0 Å². The molecule has 0 radical (unpaired) electrons. The van der Waals surface area contributed by atoms with Crippen LogP contribution in [-0.2, 0) is 9.09 Å². The zero-order valence-electron chi connectivity index (χ0n) is 11.2. The van der Waals surface area contributed by atoms with Crippen LogP contribution in [0.2, 0.25) is 0 Å². The first-order valence-corrected chi connectivity index (χ1v) is 8.12. The number of hydrogen-bond donors (Lipinski definition) is 1. The molecular formula is C15H16NO3P. The van der Waals surface area contributed by atoms with Crippen molar-refractivity contribution >= 4 is 7.75 Å². The first kappa shape index (κ1) is 13.4. The van der Waals surface area contributed by atoms with Crippen molar-refractivity contribution in [3.05, 3.63) is 65.7 Å². The van der Waals surface area contributed by atoms with Gasteiger partial charge in [-0.3, -0.25) is 4.52 Å². The van der Waals surface area contributed by atoms with Crippen LogP contribution >= 0.6 is 7.75 Å². The van der Waals surface area contributed by atoms with Crippen LogP contribution < -0.4 is 9.61 Å². The van der Waals surface area contributed by atoms with Crippen LogP contribution in [0, 0.1) is 0 Å². The summed E-state index contributed by atoms with van der Waals surface area (Å²) in [5.74, 6) is 0.608. The minimum absolute atomic E-state index is 0.196. The molecule has 2 unspecified atom stereocenters. The zero-order chi connectivity index (χ0) is 14.0. The number of hydrogen-bond acceptors (Lipinski definition) is 3. The Hall–Kier alpha value is -1.61. The van der Waals surface area contributed by atoms with Crippen molar-refractivity contribution in [1.29, 1.82) is 0 Å². The average Bonchev–Trinajstić information content (AvgIpc) is 2.47. The molecule has 0 saturated carbocycles. The molecule has 2 aromatic carbocycles. The van der Waals surface area contributed by atoms with Crippen molar-refractivity contribution in [2.45, 2.75) is 13.0 Å². The van der Waals surface area contributed by atoms with E-state index in [0.717, 1.165) is 11.1 Å². The van der Waals surface area contributed by atoms with E-state index in [9.17, 15) is 4.57 Å². The first-order chi connectivity index (χ1) is 9.72. The van der Waals surface area contributed by atoms with Gasteiger partial charge in [0, 0.05) is 5.56 Å². The summed E-state index contributed by atoms with van der Waals surface area (Å²) in [6, 6.07) is 17.3. The van der Waals surface area contributed by atoms with Crippen molar-refractivity contribution in [3.63, 3.8) is 0 Å². The average molecular weight is 289 g/mol. The summed E-state index contributed by atoms with van der Waals surface area (Å²) in [6.07, 6.45) is 0. The van der Waals surface area contributed by atoms with E-state index in [0.29, 0.717) is 12.4 Å². The Morgan fingerprint density at radius 3 is 2.60 bits per heavy atom. The maximum atomic E-state index is 12.6. The summed E-state index contributed by atoms with van der Waals surface area (Å²) in [6.45, 7) is 2.12. The molecule has 0 fully saturated rings. The molecule has 4 nitrogen and oxygen atoms in total. The Labute approximate surface area is 118 Å². The molecule has 5 heteroatoms. The van der Waals surface area contributed by atoms with Crippen LogP contribution in [0.25, 0.3) is 0 Å². The second kappa shape index (κ2) is 5.41. The van der Waals surface area contributed by atoms with Gasteiger partial charge in [-0.2, -0.15) is 0 Å². The van der Waals surface area contributed by atoms with Crippen LogP contribution in [0.1, 0.15) is 24.1 Å². The molecule has 0 amide bonds. The predicted molar refractivity (Wildman–Crippen MR) is 77.7 cm³/mol. The molecule has 1 N–H and O–H groups in total. The van der Waals surface area contributed by atoms with E-state index >= 15 is 0 Å². The number of rotatable bonds is 3. The van der Waals surface area contributed by atoms with Gasteiger partial charge in [0.1, 0.15) is 5.75 Å². The number of fused-ring (bicyclic) bond motifs is 1. The minimum Gasteiger partial charge on any atom is -0.413 e. The summed E-state index contributed by atoms with van der Waals surface area (Å²) in [5, 5.41) is 3.01. The lowest BCUT2D eigenvalue weighted by Gasteiger charge is -2.32. The molecule has 1 heterocycles. The van der Waals surface area contributed by atoms with Gasteiger partial charge in [0.2, 0.25) is 0 Å². The molecule has 104 valence electrons. The summed E-state index contributed by atoms with van der Waals surface area (Å²) in [7, 11) is -3.32. The van der Waals surface area contributed by atoms with Crippen LogP contribution in [0.5, 0.6) is 5.75 Å². The smallest absolute Gasteiger partial charge is 0.413 e. The first-order valence-electron chi connectivity index (χ1n) is 6.58. The van der Waals surface area contributed by atoms with Gasteiger partial charge in [-0.05, 0) is 18.6 Å². The quantitative estimate of drug-likeness (QED) is 0.870. The van der Waals surface area contributed by atoms with Crippen LogP contribution in [-0.4, -0.2) is 6.61 Å². The molecule has 0 bridgehead atoms. The summed E-state index contributed by atoms with van der Waals surface area (Å²) >= 11 is 0. The Morgan fingerprint density at radius 2 is 1.85 bits per heavy atom. The van der Waals surface area contributed by atoms with Crippen molar-refractivity contribution in [3.8, 4) is 5.75 Å². The highest BCUT2D eigenvalue weighted by molar-refractivity contribution is 7.52. The molecule has 2 aromatic rings. The number of para-hydroxylation sites is 1. The lowest BCUT2D eigenvalue weighted by molar-refractivity contribution is 0.258. The second-order valence-electron chi connectivity index (χ2n) is 4.52. The third-order valence-corrected chi connectivity index (χ3v) is 4.78. The van der Waals surface area contributed by atoms with Crippen molar-refractivity contribution in [2.75, 3.05) is 6.61 Å². The van der Waals surface area contributed by atoms with Crippen molar-refractivity contribution in [1.82, 2.24) is 5.09 Å². The maximum absolute atomic E-state index is 12.6. The van der Waals surface area contributed by atoms with Gasteiger partial charge in [0.25, 0.3) is 0 Å². The Bertz CT molecular complexity index is 645. The fourth-order valence-corrected chi connectivity index (χ4v) is 3.87. The molecular weight excluding hydrogens is 273 g/mol. The molecule has 1 aliphatic rings. The maximum Gasteiger partial charge on any atom is 0.459 e. The highest BCUT2D eigenvalue weighted by Crippen LogP contribution is 2.53. The molecule has 0 spiro atoms. The third-order valence-electron chi connectivity index (χ3n) is 3.17. The number of benzene rings is 2. The topological polar surface area (TPSA) is 47.6 Å². The SMILES string of the molecule is CCOP1(=O)NC(c2ccccc2)c2ccccc2O1. The highest BCUT2D eigenvalue weighted by Gasteiger charge is 2.37. The van der Waals surface area contributed by atoms with E-state index in [4.69, 9.17) is 9.05 Å². The van der Waals surface area contributed by atoms with Crippen LogP contribution in [0.3, 0.4) is 0 Å². The van der Waals surface area contributed by atoms with E-state index in [1.165, 1.54) is 0 Å². The van der Waals surface area contributed by atoms with E-state index in [-0.39, 0.29) is 6.04 Å². The van der Waals surface area contributed by atoms with Crippen molar-refractivity contribution < 1.29 is 13.6 Å². The summed E-state index contributed by atoms with van der Waals surface area (Å²) < 4.78 is 23.5. The molecule has 0 aliphatic carbocycles. The minimum atomic E-state index is -3.32. The van der Waals surface area contributed by atoms with Gasteiger partial charge in [-0.15, -0.1) is 0 Å². The van der Waals surface area contributed by atoms with Crippen LogP contribution in [0.15, 0.2) is 54.6 Å². The number of nitrogens with one attached hydrogen (secondary N) is 1. The molecule has 2 atom stereocenters. The standard InChI is InChI=1S/C15H16NO3P/c1-2-18-20(17)16-15(12-8-4-3-5-9-12)13-10-6-7-11-14(13)19-20/h3-11,15H,2H2,1H3,(H,16,17). The zero-order valence-corrected chi connectivity index (χ0v) is 12.0. The largest absolute Gasteiger partial charge is 0.459 e. The fraction of sp³-hybridized carbons (Fsp3) is 0.200. The van der Waals surface area contributed by atoms with E-state index in [2.05, 4.69) is 5.09 Å². The molecule has 0 aromatic heterocycles. The lowest BCUT2D eigenvalue weighted by atomic mass is 9.99. The Morgan fingerprint density at radius 1 is 1.15 bits per heavy atom. The monoisotopic (exact) mass is 289 g/mol. The van der Waals surface area contributed by atoms with Gasteiger partial charge in [-0.25, -0.2) is 9.65 Å². The van der Waals surface area contributed by atoms with Gasteiger partial charge >= 0.3 is 7.75 Å². The molecule has 3 rings (SSSR count). The van der Waals surface area contributed by atoms with Gasteiger partial charge in [0.15, 0.2) is 0 Å². The second-order valence-corrected chi connectivity index (χ2v) is 6.21. The van der Waals surface area contributed by atoms with E-state index in [1.54, 1.807) is 6.92 Å². The van der Waals surface area contributed by atoms with Gasteiger partial charge in [0.05, 0.1) is 12.6 Å². The molecule has 1 aliphatic heterocycles. The Kier molecular flexibility index (Phi) is 3.62.